The fraction of sp³-hybridized carbons (Fsp3) is 0.423. The summed E-state index contributed by atoms with van der Waals surface area (Å²) >= 11 is 5.96. The Balaban J connectivity index is 0.000000176. The van der Waals surface area contributed by atoms with Crippen LogP contribution in [0, 0.1) is 0 Å². The molecule has 2 fully saturated rings. The average molecular weight is 531 g/mol. The molecule has 0 spiro atoms. The highest BCUT2D eigenvalue weighted by atomic mass is 35.5. The summed E-state index contributed by atoms with van der Waals surface area (Å²) in [6.07, 6.45) is 2.55. The van der Waals surface area contributed by atoms with E-state index in [1.54, 1.807) is 30.3 Å². The number of fused-ring (bicyclic) bond motifs is 1. The Hall–Kier alpha value is -3.34. The van der Waals surface area contributed by atoms with Gasteiger partial charge in [-0.25, -0.2) is 14.6 Å². The van der Waals surface area contributed by atoms with Crippen molar-refractivity contribution in [3.05, 3.63) is 53.3 Å². The molecule has 2 aliphatic heterocycles. The number of imidazole rings is 1. The summed E-state index contributed by atoms with van der Waals surface area (Å²) in [4.78, 5) is 27.5. The molecule has 2 aromatic carbocycles. The summed E-state index contributed by atoms with van der Waals surface area (Å²) in [5.41, 5.74) is 9.88. The molecule has 198 valence electrons. The molecule has 3 aromatic rings. The van der Waals surface area contributed by atoms with Gasteiger partial charge >= 0.3 is 11.9 Å². The van der Waals surface area contributed by atoms with Crippen molar-refractivity contribution >= 4 is 45.9 Å². The number of halogens is 1. The van der Waals surface area contributed by atoms with E-state index in [0.717, 1.165) is 48.6 Å². The molecule has 0 aliphatic carbocycles. The average Bonchev–Trinajstić information content (AvgIpc) is 3.22. The highest BCUT2D eigenvalue weighted by Crippen LogP contribution is 2.24. The molecular weight excluding hydrogens is 500 g/mol. The summed E-state index contributed by atoms with van der Waals surface area (Å²) in [6, 6.07) is 10.4. The number of carbonyl (C=O) groups is 2. The topological polar surface area (TPSA) is 127 Å². The van der Waals surface area contributed by atoms with E-state index >= 15 is 0 Å². The SMILES string of the molecule is COC(=O)c1ccc(N)c(NC[C@@H]2CCO2)c1.COC(=O)c1ccc2nc(CCl)n(C[C@@H]3CCO3)c2c1. The zero-order valence-corrected chi connectivity index (χ0v) is 21.6. The van der Waals surface area contributed by atoms with Gasteiger partial charge < -0.3 is 34.6 Å². The quantitative estimate of drug-likeness (QED) is 0.255. The van der Waals surface area contributed by atoms with Crippen LogP contribution in [0.1, 0.15) is 39.4 Å². The Morgan fingerprint density at radius 2 is 1.68 bits per heavy atom. The number of rotatable bonds is 8. The molecule has 0 bridgehead atoms. The molecule has 5 rings (SSSR count). The second-order valence-electron chi connectivity index (χ2n) is 8.70. The van der Waals surface area contributed by atoms with Crippen LogP contribution in [0.5, 0.6) is 0 Å². The molecule has 2 aliphatic rings. The zero-order chi connectivity index (χ0) is 26.4. The van der Waals surface area contributed by atoms with Crippen molar-refractivity contribution in [2.45, 2.75) is 37.5 Å². The molecule has 11 heteroatoms. The lowest BCUT2D eigenvalue weighted by atomic mass is 10.1. The number of anilines is 2. The zero-order valence-electron chi connectivity index (χ0n) is 20.9. The first kappa shape index (κ1) is 26.7. The van der Waals surface area contributed by atoms with Crippen molar-refractivity contribution in [3.63, 3.8) is 0 Å². The van der Waals surface area contributed by atoms with E-state index in [1.807, 2.05) is 10.6 Å². The number of nitrogen functional groups attached to an aromatic ring is 1. The number of nitrogens with zero attached hydrogens (tertiary/aromatic N) is 2. The van der Waals surface area contributed by atoms with Crippen LogP contribution in [0.2, 0.25) is 0 Å². The van der Waals surface area contributed by atoms with Gasteiger partial charge in [0.2, 0.25) is 0 Å². The van der Waals surface area contributed by atoms with Gasteiger partial charge in [-0.3, -0.25) is 0 Å². The number of hydrogen-bond acceptors (Lipinski definition) is 9. The van der Waals surface area contributed by atoms with E-state index in [1.165, 1.54) is 14.2 Å². The minimum absolute atomic E-state index is 0.205. The number of ether oxygens (including phenoxy) is 4. The molecule has 2 saturated heterocycles. The van der Waals surface area contributed by atoms with Crippen LogP contribution in [-0.2, 0) is 31.4 Å². The summed E-state index contributed by atoms with van der Waals surface area (Å²) in [5, 5.41) is 3.18. The Kier molecular flexibility index (Phi) is 8.86. The number of hydrogen-bond donors (Lipinski definition) is 2. The Bertz CT molecular complexity index is 1260. The standard InChI is InChI=1S/C14H15ClN2O3.C12H16N2O3/c1-19-14(18)9-2-3-11-12(6-9)17(13(7-15)16-11)8-10-4-5-20-10;1-16-12(15)8-2-3-10(13)11(6-8)14-7-9-4-5-17-9/h2-3,6,10H,4-5,7-8H2,1H3;2-3,6,9,14H,4-5,7,13H2,1H3/t10-;9-/m00/s1. The number of benzene rings is 2. The maximum Gasteiger partial charge on any atom is 0.337 e. The third-order valence-electron chi connectivity index (χ3n) is 6.34. The molecular formula is C26H31ClN4O6. The van der Waals surface area contributed by atoms with Crippen LogP contribution in [0.3, 0.4) is 0 Å². The van der Waals surface area contributed by atoms with E-state index < -0.39 is 0 Å². The number of esters is 2. The number of methoxy groups -OCH3 is 2. The van der Waals surface area contributed by atoms with Gasteiger partial charge in [0.25, 0.3) is 0 Å². The second-order valence-corrected chi connectivity index (χ2v) is 8.97. The lowest BCUT2D eigenvalue weighted by Crippen LogP contribution is -2.33. The van der Waals surface area contributed by atoms with Crippen LogP contribution in [0.4, 0.5) is 11.4 Å². The van der Waals surface area contributed by atoms with Crippen LogP contribution < -0.4 is 11.1 Å². The summed E-state index contributed by atoms with van der Waals surface area (Å²) in [5.74, 6) is 0.397. The summed E-state index contributed by atoms with van der Waals surface area (Å²) in [7, 11) is 2.73. The van der Waals surface area contributed by atoms with E-state index in [-0.39, 0.29) is 24.1 Å². The predicted molar refractivity (Wildman–Crippen MR) is 140 cm³/mol. The number of nitrogens with one attached hydrogen (secondary N) is 1. The van der Waals surface area contributed by atoms with Gasteiger partial charge in [-0.1, -0.05) is 0 Å². The van der Waals surface area contributed by atoms with Gasteiger partial charge in [0.1, 0.15) is 5.82 Å². The molecule has 0 radical (unpaired) electrons. The van der Waals surface area contributed by atoms with E-state index in [4.69, 9.17) is 31.5 Å². The van der Waals surface area contributed by atoms with Gasteiger partial charge in [0, 0.05) is 19.8 Å². The minimum atomic E-state index is -0.368. The summed E-state index contributed by atoms with van der Waals surface area (Å²) in [6.45, 7) is 3.04. The lowest BCUT2D eigenvalue weighted by molar-refractivity contribution is -0.0589. The fourth-order valence-corrected chi connectivity index (χ4v) is 4.18. The molecule has 2 atom stereocenters. The first-order chi connectivity index (χ1) is 17.9. The van der Waals surface area contributed by atoms with Crippen molar-refractivity contribution in [1.29, 1.82) is 0 Å². The summed E-state index contributed by atoms with van der Waals surface area (Å²) < 4.78 is 22.2. The second kappa shape index (κ2) is 12.3. The van der Waals surface area contributed by atoms with Gasteiger partial charge in [0.05, 0.1) is 72.4 Å². The number of aromatic nitrogens is 2. The molecule has 3 heterocycles. The molecule has 0 unspecified atom stereocenters. The lowest BCUT2D eigenvalue weighted by Gasteiger charge is -2.27. The van der Waals surface area contributed by atoms with Crippen LogP contribution in [-0.4, -0.2) is 67.7 Å². The Morgan fingerprint density at radius 1 is 1.05 bits per heavy atom. The van der Waals surface area contributed by atoms with Crippen molar-refractivity contribution in [1.82, 2.24) is 9.55 Å². The number of alkyl halides is 1. The monoisotopic (exact) mass is 530 g/mol. The van der Waals surface area contributed by atoms with Crippen LogP contribution in [0.25, 0.3) is 11.0 Å². The largest absolute Gasteiger partial charge is 0.465 e. The normalized spacial score (nSPS) is 18.1. The highest BCUT2D eigenvalue weighted by Gasteiger charge is 2.22. The van der Waals surface area contributed by atoms with Gasteiger partial charge in [0.15, 0.2) is 0 Å². The third kappa shape index (κ3) is 6.33. The molecule has 10 nitrogen and oxygen atoms in total. The van der Waals surface area contributed by atoms with Gasteiger partial charge in [-0.2, -0.15) is 0 Å². The fourth-order valence-electron chi connectivity index (χ4n) is 3.98. The third-order valence-corrected chi connectivity index (χ3v) is 6.57. The maximum absolute atomic E-state index is 11.6. The number of nitrogens with two attached hydrogens (primary N) is 1. The van der Waals surface area contributed by atoms with Crippen molar-refractivity contribution < 1.29 is 28.5 Å². The molecule has 0 amide bonds. The van der Waals surface area contributed by atoms with Gasteiger partial charge in [-0.15, -0.1) is 11.6 Å². The molecule has 3 N–H and O–H groups in total. The highest BCUT2D eigenvalue weighted by molar-refractivity contribution is 6.16. The number of carbonyl (C=O) groups excluding carboxylic acids is 2. The molecule has 37 heavy (non-hydrogen) atoms. The van der Waals surface area contributed by atoms with E-state index in [9.17, 15) is 9.59 Å². The Morgan fingerprint density at radius 3 is 2.24 bits per heavy atom. The van der Waals surface area contributed by atoms with Crippen molar-refractivity contribution in [3.8, 4) is 0 Å². The van der Waals surface area contributed by atoms with Gasteiger partial charge in [-0.05, 0) is 49.2 Å². The van der Waals surface area contributed by atoms with Crippen LogP contribution >= 0.6 is 11.6 Å². The Labute approximate surface area is 220 Å². The van der Waals surface area contributed by atoms with E-state index in [2.05, 4.69) is 15.0 Å². The van der Waals surface area contributed by atoms with Crippen molar-refractivity contribution in [2.75, 3.05) is 45.0 Å². The molecule has 0 saturated carbocycles. The van der Waals surface area contributed by atoms with Crippen molar-refractivity contribution in [2.24, 2.45) is 0 Å². The van der Waals surface area contributed by atoms with E-state index in [0.29, 0.717) is 35.8 Å². The maximum atomic E-state index is 11.6. The first-order valence-corrected chi connectivity index (χ1v) is 12.5. The smallest absolute Gasteiger partial charge is 0.337 e. The first-order valence-electron chi connectivity index (χ1n) is 12.0. The predicted octanol–water partition coefficient (Wildman–Crippen LogP) is 3.61. The van der Waals surface area contributed by atoms with Crippen LogP contribution in [0.15, 0.2) is 36.4 Å². The molecule has 1 aromatic heterocycles. The minimum Gasteiger partial charge on any atom is -0.465 e.